The fourth-order valence-corrected chi connectivity index (χ4v) is 3.22. The first-order valence-corrected chi connectivity index (χ1v) is 6.85. The Bertz CT molecular complexity index is 334. The van der Waals surface area contributed by atoms with E-state index in [1.54, 1.807) is 0 Å². The van der Waals surface area contributed by atoms with Crippen LogP contribution in [0, 0.1) is 6.92 Å². The predicted octanol–water partition coefficient (Wildman–Crippen LogP) is 3.24. The minimum absolute atomic E-state index is 0.699. The van der Waals surface area contributed by atoms with Gasteiger partial charge in [0, 0.05) is 23.4 Å². The quantitative estimate of drug-likeness (QED) is 0.872. The lowest BCUT2D eigenvalue weighted by Gasteiger charge is -2.12. The fourth-order valence-electron chi connectivity index (χ4n) is 1.81. The van der Waals surface area contributed by atoms with Crippen molar-refractivity contribution in [2.75, 3.05) is 11.5 Å². The van der Waals surface area contributed by atoms with Gasteiger partial charge in [0.15, 0.2) is 0 Å². The second-order valence-electron chi connectivity index (χ2n) is 4.01. The fraction of sp³-hybridized carbons (Fsp3) is 0.500. The van der Waals surface area contributed by atoms with Gasteiger partial charge in [0.2, 0.25) is 0 Å². The number of hydrogen-bond donors (Lipinski definition) is 1. The molecule has 1 aromatic carbocycles. The highest BCUT2D eigenvalue weighted by atomic mass is 35.5. The Kier molecular flexibility index (Phi) is 3.95. The highest BCUT2D eigenvalue weighted by molar-refractivity contribution is 7.99. The number of thioether (sulfide) groups is 1. The van der Waals surface area contributed by atoms with Crippen molar-refractivity contribution in [2.24, 2.45) is 0 Å². The molecule has 1 aromatic rings. The van der Waals surface area contributed by atoms with E-state index in [1.807, 2.05) is 23.9 Å². The van der Waals surface area contributed by atoms with Crippen molar-refractivity contribution in [1.29, 1.82) is 0 Å². The Balaban J connectivity index is 1.92. The molecule has 1 heterocycles. The SMILES string of the molecule is Cc1cc(Cl)ccc1CNC1CCSC1. The molecule has 1 unspecified atom stereocenters. The van der Waals surface area contributed by atoms with Gasteiger partial charge in [-0.05, 0) is 42.4 Å². The van der Waals surface area contributed by atoms with Crippen molar-refractivity contribution in [1.82, 2.24) is 5.32 Å². The normalized spacial score (nSPS) is 20.8. The van der Waals surface area contributed by atoms with Crippen LogP contribution in [0.4, 0.5) is 0 Å². The molecule has 0 amide bonds. The lowest BCUT2D eigenvalue weighted by Crippen LogP contribution is -2.28. The average molecular weight is 242 g/mol. The minimum Gasteiger partial charge on any atom is -0.309 e. The Morgan fingerprint density at radius 2 is 2.40 bits per heavy atom. The molecule has 1 saturated heterocycles. The van der Waals surface area contributed by atoms with Crippen LogP contribution in [-0.2, 0) is 6.54 Å². The summed E-state index contributed by atoms with van der Waals surface area (Å²) in [6, 6.07) is 6.81. The summed E-state index contributed by atoms with van der Waals surface area (Å²) in [7, 11) is 0. The highest BCUT2D eigenvalue weighted by Gasteiger charge is 2.14. The van der Waals surface area contributed by atoms with E-state index in [-0.39, 0.29) is 0 Å². The molecule has 0 aromatic heterocycles. The summed E-state index contributed by atoms with van der Waals surface area (Å²) in [6.45, 7) is 3.08. The molecule has 0 spiro atoms. The number of aryl methyl sites for hydroxylation is 1. The van der Waals surface area contributed by atoms with Crippen molar-refractivity contribution in [3.63, 3.8) is 0 Å². The number of nitrogens with one attached hydrogen (secondary N) is 1. The van der Waals surface area contributed by atoms with Gasteiger partial charge in [-0.1, -0.05) is 17.7 Å². The lowest BCUT2D eigenvalue weighted by atomic mass is 10.1. The summed E-state index contributed by atoms with van der Waals surface area (Å²) in [4.78, 5) is 0. The first kappa shape index (κ1) is 11.3. The third kappa shape index (κ3) is 3.13. The van der Waals surface area contributed by atoms with Gasteiger partial charge in [-0.3, -0.25) is 0 Å². The average Bonchev–Trinajstić information content (AvgIpc) is 2.69. The molecule has 3 heteroatoms. The lowest BCUT2D eigenvalue weighted by molar-refractivity contribution is 0.557. The van der Waals surface area contributed by atoms with E-state index in [1.165, 1.54) is 29.1 Å². The van der Waals surface area contributed by atoms with E-state index in [0.29, 0.717) is 6.04 Å². The van der Waals surface area contributed by atoms with Crippen LogP contribution in [-0.4, -0.2) is 17.5 Å². The molecule has 2 rings (SSSR count). The zero-order valence-electron chi connectivity index (χ0n) is 8.92. The van der Waals surface area contributed by atoms with Crippen molar-refractivity contribution >= 4 is 23.4 Å². The monoisotopic (exact) mass is 241 g/mol. The van der Waals surface area contributed by atoms with Crippen LogP contribution in [0.15, 0.2) is 18.2 Å². The van der Waals surface area contributed by atoms with Gasteiger partial charge in [0.1, 0.15) is 0 Å². The molecule has 1 atom stereocenters. The maximum absolute atomic E-state index is 5.92. The number of halogens is 1. The molecule has 1 fully saturated rings. The first-order valence-electron chi connectivity index (χ1n) is 5.32. The Labute approximate surface area is 101 Å². The zero-order valence-corrected chi connectivity index (χ0v) is 10.5. The number of hydrogen-bond acceptors (Lipinski definition) is 2. The summed E-state index contributed by atoms with van der Waals surface area (Å²) < 4.78 is 0. The summed E-state index contributed by atoms with van der Waals surface area (Å²) in [5.41, 5.74) is 2.64. The van der Waals surface area contributed by atoms with E-state index in [9.17, 15) is 0 Å². The summed E-state index contributed by atoms with van der Waals surface area (Å²) in [6.07, 6.45) is 1.30. The molecule has 1 nitrogen and oxygen atoms in total. The van der Waals surface area contributed by atoms with Crippen LogP contribution in [0.25, 0.3) is 0 Å². The van der Waals surface area contributed by atoms with E-state index in [2.05, 4.69) is 18.3 Å². The zero-order chi connectivity index (χ0) is 10.7. The summed E-state index contributed by atoms with van der Waals surface area (Å²) >= 11 is 7.96. The second-order valence-corrected chi connectivity index (χ2v) is 5.60. The van der Waals surface area contributed by atoms with Gasteiger partial charge in [-0.25, -0.2) is 0 Å². The first-order chi connectivity index (χ1) is 7.25. The maximum Gasteiger partial charge on any atom is 0.0408 e. The van der Waals surface area contributed by atoms with Crippen LogP contribution in [0.1, 0.15) is 17.5 Å². The van der Waals surface area contributed by atoms with Crippen molar-refractivity contribution in [2.45, 2.75) is 25.9 Å². The van der Waals surface area contributed by atoms with E-state index >= 15 is 0 Å². The molecule has 0 saturated carbocycles. The molecule has 0 aliphatic carbocycles. The van der Waals surface area contributed by atoms with Crippen molar-refractivity contribution in [3.8, 4) is 0 Å². The molecule has 15 heavy (non-hydrogen) atoms. The molecular formula is C12H16ClNS. The Hall–Kier alpha value is -0.180. The van der Waals surface area contributed by atoms with Crippen molar-refractivity contribution < 1.29 is 0 Å². The van der Waals surface area contributed by atoms with Crippen LogP contribution >= 0.6 is 23.4 Å². The van der Waals surface area contributed by atoms with Crippen LogP contribution in [0.5, 0.6) is 0 Å². The number of benzene rings is 1. The van der Waals surface area contributed by atoms with E-state index in [4.69, 9.17) is 11.6 Å². The molecule has 0 bridgehead atoms. The van der Waals surface area contributed by atoms with Gasteiger partial charge < -0.3 is 5.32 Å². The molecule has 1 N–H and O–H groups in total. The predicted molar refractivity (Wildman–Crippen MR) is 68.8 cm³/mol. The number of rotatable bonds is 3. The maximum atomic E-state index is 5.92. The van der Waals surface area contributed by atoms with Crippen molar-refractivity contribution in [3.05, 3.63) is 34.3 Å². The second kappa shape index (κ2) is 5.24. The molecule has 1 aliphatic heterocycles. The molecule has 82 valence electrons. The van der Waals surface area contributed by atoms with Gasteiger partial charge in [-0.2, -0.15) is 11.8 Å². The van der Waals surface area contributed by atoms with Gasteiger partial charge in [0.25, 0.3) is 0 Å². The third-order valence-corrected chi connectivity index (χ3v) is 4.21. The summed E-state index contributed by atoms with van der Waals surface area (Å²) in [5.74, 6) is 2.56. The molecular weight excluding hydrogens is 226 g/mol. The Morgan fingerprint density at radius 3 is 3.07 bits per heavy atom. The minimum atomic E-state index is 0.699. The Morgan fingerprint density at radius 1 is 1.53 bits per heavy atom. The molecule has 1 aliphatic rings. The van der Waals surface area contributed by atoms with Gasteiger partial charge in [-0.15, -0.1) is 0 Å². The topological polar surface area (TPSA) is 12.0 Å². The van der Waals surface area contributed by atoms with E-state index < -0.39 is 0 Å². The molecule has 0 radical (unpaired) electrons. The standard InChI is InChI=1S/C12H16ClNS/c1-9-6-11(13)3-2-10(9)7-14-12-4-5-15-8-12/h2-3,6,12,14H,4-5,7-8H2,1H3. The summed E-state index contributed by atoms with van der Waals surface area (Å²) in [5, 5.41) is 4.42. The van der Waals surface area contributed by atoms with Gasteiger partial charge in [0.05, 0.1) is 0 Å². The highest BCUT2D eigenvalue weighted by Crippen LogP contribution is 2.19. The smallest absolute Gasteiger partial charge is 0.0408 e. The van der Waals surface area contributed by atoms with Crippen LogP contribution in [0.2, 0.25) is 5.02 Å². The van der Waals surface area contributed by atoms with E-state index in [0.717, 1.165) is 11.6 Å². The van der Waals surface area contributed by atoms with Crippen LogP contribution in [0.3, 0.4) is 0 Å². The largest absolute Gasteiger partial charge is 0.309 e. The third-order valence-electron chi connectivity index (χ3n) is 2.82. The van der Waals surface area contributed by atoms with Crippen LogP contribution < -0.4 is 5.32 Å². The van der Waals surface area contributed by atoms with Gasteiger partial charge >= 0.3 is 0 Å².